The Kier molecular flexibility index (Phi) is 7.99. The highest BCUT2D eigenvalue weighted by molar-refractivity contribution is 5.97. The van der Waals surface area contributed by atoms with E-state index in [-0.39, 0.29) is 11.8 Å². The van der Waals surface area contributed by atoms with Gasteiger partial charge in [0.25, 0.3) is 11.8 Å². The topological polar surface area (TPSA) is 53.5 Å². The molecule has 0 aliphatic heterocycles. The maximum absolute atomic E-state index is 12.6. The van der Waals surface area contributed by atoms with Crippen LogP contribution in [0.1, 0.15) is 53.0 Å². The van der Waals surface area contributed by atoms with Crippen LogP contribution < -0.4 is 0 Å². The summed E-state index contributed by atoms with van der Waals surface area (Å²) in [7, 11) is 1.80. The summed E-state index contributed by atoms with van der Waals surface area (Å²) in [5.41, 5.74) is 2.38. The largest absolute Gasteiger partial charge is 0.341 e. The molecule has 0 fully saturated rings. The van der Waals surface area contributed by atoms with Crippen molar-refractivity contribution in [2.75, 3.05) is 26.7 Å². The Morgan fingerprint density at radius 2 is 1.33 bits per heavy atom. The molecule has 144 valence electrons. The lowest BCUT2D eigenvalue weighted by molar-refractivity contribution is 0.0752. The molecule has 2 aromatic rings. The normalized spacial score (nSPS) is 10.5. The van der Waals surface area contributed by atoms with Gasteiger partial charge in [-0.2, -0.15) is 0 Å². The minimum absolute atomic E-state index is 0.0312. The molecule has 0 bridgehead atoms. The molecule has 0 unspecified atom stereocenters. The third-order valence-corrected chi connectivity index (χ3v) is 4.49. The van der Waals surface area contributed by atoms with E-state index in [1.54, 1.807) is 48.6 Å². The maximum atomic E-state index is 12.6. The van der Waals surface area contributed by atoms with Crippen LogP contribution >= 0.6 is 0 Å². The number of hydrogen-bond donors (Lipinski definition) is 0. The highest BCUT2D eigenvalue weighted by Crippen LogP contribution is 2.11. The molecular weight excluding hydrogens is 338 g/mol. The quantitative estimate of drug-likeness (QED) is 0.680. The number of rotatable bonds is 9. The smallest absolute Gasteiger partial charge is 0.253 e. The zero-order chi connectivity index (χ0) is 19.6. The van der Waals surface area contributed by atoms with E-state index in [9.17, 15) is 9.59 Å². The molecule has 1 aromatic heterocycles. The van der Waals surface area contributed by atoms with Crippen molar-refractivity contribution in [2.45, 2.75) is 33.1 Å². The third kappa shape index (κ3) is 5.91. The summed E-state index contributed by atoms with van der Waals surface area (Å²) in [6.45, 7) is 6.28. The van der Waals surface area contributed by atoms with E-state index in [2.05, 4.69) is 18.8 Å². The molecule has 0 N–H and O–H groups in total. The summed E-state index contributed by atoms with van der Waals surface area (Å²) in [6, 6.07) is 10.9. The molecule has 0 saturated carbocycles. The Labute approximate surface area is 162 Å². The van der Waals surface area contributed by atoms with Crippen LogP contribution in [0.25, 0.3) is 0 Å². The Balaban J connectivity index is 1.98. The van der Waals surface area contributed by atoms with Gasteiger partial charge in [0.1, 0.15) is 0 Å². The first-order valence-electron chi connectivity index (χ1n) is 9.60. The van der Waals surface area contributed by atoms with Gasteiger partial charge < -0.3 is 9.80 Å². The third-order valence-electron chi connectivity index (χ3n) is 4.49. The van der Waals surface area contributed by atoms with Gasteiger partial charge in [-0.05, 0) is 61.2 Å². The zero-order valence-corrected chi connectivity index (χ0v) is 16.5. The standard InChI is InChI=1S/C22H29N3O2/c1-4-15-25(16-5-2)22(27)20-8-6-19(7-9-20)21(26)24(3)17-12-18-10-13-23-14-11-18/h6-11,13-14H,4-5,12,15-17H2,1-3H3. The molecule has 0 radical (unpaired) electrons. The van der Waals surface area contributed by atoms with Crippen LogP contribution in [0, 0.1) is 0 Å². The lowest BCUT2D eigenvalue weighted by Crippen LogP contribution is -2.32. The van der Waals surface area contributed by atoms with Crippen molar-refractivity contribution >= 4 is 11.8 Å². The number of likely N-dealkylation sites (N-methyl/N-ethyl adjacent to an activating group) is 1. The molecule has 0 saturated heterocycles. The molecule has 5 heteroatoms. The predicted octanol–water partition coefficient (Wildman–Crippen LogP) is 3.66. The van der Waals surface area contributed by atoms with Crippen molar-refractivity contribution < 1.29 is 9.59 Å². The fourth-order valence-corrected chi connectivity index (χ4v) is 2.96. The number of carbonyl (C=O) groups is 2. The van der Waals surface area contributed by atoms with Gasteiger partial charge in [0.05, 0.1) is 0 Å². The lowest BCUT2D eigenvalue weighted by Gasteiger charge is -2.22. The number of carbonyl (C=O) groups excluding carboxylic acids is 2. The number of amides is 2. The molecule has 5 nitrogen and oxygen atoms in total. The molecule has 0 aliphatic carbocycles. The van der Waals surface area contributed by atoms with Gasteiger partial charge in [-0.3, -0.25) is 14.6 Å². The Morgan fingerprint density at radius 3 is 1.85 bits per heavy atom. The first-order valence-corrected chi connectivity index (χ1v) is 9.60. The molecule has 0 aliphatic rings. The Morgan fingerprint density at radius 1 is 0.815 bits per heavy atom. The molecule has 2 amide bonds. The number of pyridine rings is 1. The van der Waals surface area contributed by atoms with E-state index >= 15 is 0 Å². The summed E-state index contributed by atoms with van der Waals surface area (Å²) in [5, 5.41) is 0. The number of hydrogen-bond acceptors (Lipinski definition) is 3. The summed E-state index contributed by atoms with van der Waals surface area (Å²) < 4.78 is 0. The van der Waals surface area contributed by atoms with Crippen LogP contribution in [0.4, 0.5) is 0 Å². The van der Waals surface area contributed by atoms with Crippen LogP contribution in [0.2, 0.25) is 0 Å². The molecule has 2 rings (SSSR count). The van der Waals surface area contributed by atoms with Gasteiger partial charge in [0.2, 0.25) is 0 Å². The van der Waals surface area contributed by atoms with Crippen molar-refractivity contribution in [3.8, 4) is 0 Å². The molecule has 1 aromatic carbocycles. The van der Waals surface area contributed by atoms with E-state index in [1.807, 2.05) is 17.0 Å². The van der Waals surface area contributed by atoms with Gasteiger partial charge >= 0.3 is 0 Å². The summed E-state index contributed by atoms with van der Waals surface area (Å²) in [4.78, 5) is 32.8. The summed E-state index contributed by atoms with van der Waals surface area (Å²) in [5.74, 6) is -0.00855. The van der Waals surface area contributed by atoms with E-state index in [1.165, 1.54) is 0 Å². The van der Waals surface area contributed by atoms with Crippen molar-refractivity contribution in [2.24, 2.45) is 0 Å². The first-order chi connectivity index (χ1) is 13.1. The number of aromatic nitrogens is 1. The van der Waals surface area contributed by atoms with Gasteiger partial charge in [-0.15, -0.1) is 0 Å². The van der Waals surface area contributed by atoms with Gasteiger partial charge in [-0.25, -0.2) is 0 Å². The highest BCUT2D eigenvalue weighted by Gasteiger charge is 2.16. The maximum Gasteiger partial charge on any atom is 0.253 e. The van der Waals surface area contributed by atoms with Gasteiger partial charge in [0.15, 0.2) is 0 Å². The lowest BCUT2D eigenvalue weighted by atomic mass is 10.1. The van der Waals surface area contributed by atoms with E-state index in [0.29, 0.717) is 17.7 Å². The minimum Gasteiger partial charge on any atom is -0.341 e. The fourth-order valence-electron chi connectivity index (χ4n) is 2.96. The monoisotopic (exact) mass is 367 g/mol. The summed E-state index contributed by atoms with van der Waals surface area (Å²) in [6.07, 6.45) is 6.17. The van der Waals surface area contributed by atoms with Crippen molar-refractivity contribution in [1.29, 1.82) is 0 Å². The Bertz CT molecular complexity index is 723. The van der Waals surface area contributed by atoms with E-state index in [0.717, 1.165) is 37.9 Å². The van der Waals surface area contributed by atoms with Crippen molar-refractivity contribution in [3.05, 3.63) is 65.5 Å². The molecular formula is C22H29N3O2. The second-order valence-electron chi connectivity index (χ2n) is 6.70. The highest BCUT2D eigenvalue weighted by atomic mass is 16.2. The molecule has 0 spiro atoms. The van der Waals surface area contributed by atoms with Crippen LogP contribution in [0.5, 0.6) is 0 Å². The molecule has 1 heterocycles. The van der Waals surface area contributed by atoms with Crippen molar-refractivity contribution in [3.63, 3.8) is 0 Å². The van der Waals surface area contributed by atoms with E-state index in [4.69, 9.17) is 0 Å². The van der Waals surface area contributed by atoms with Gasteiger partial charge in [-0.1, -0.05) is 13.8 Å². The average molecular weight is 367 g/mol. The van der Waals surface area contributed by atoms with Crippen LogP contribution in [0.3, 0.4) is 0 Å². The molecule has 0 atom stereocenters. The first kappa shape index (κ1) is 20.6. The average Bonchev–Trinajstić information content (AvgIpc) is 2.71. The van der Waals surface area contributed by atoms with E-state index < -0.39 is 0 Å². The SMILES string of the molecule is CCCN(CCC)C(=O)c1ccc(C(=O)N(C)CCc2ccncc2)cc1. The molecule has 27 heavy (non-hydrogen) atoms. The summed E-state index contributed by atoms with van der Waals surface area (Å²) >= 11 is 0. The number of benzene rings is 1. The number of nitrogens with zero attached hydrogens (tertiary/aromatic N) is 3. The van der Waals surface area contributed by atoms with Crippen LogP contribution in [0.15, 0.2) is 48.8 Å². The van der Waals surface area contributed by atoms with Crippen LogP contribution in [-0.4, -0.2) is 53.3 Å². The Hall–Kier alpha value is -2.69. The predicted molar refractivity (Wildman–Crippen MR) is 108 cm³/mol. The zero-order valence-electron chi connectivity index (χ0n) is 16.5. The van der Waals surface area contributed by atoms with Crippen molar-refractivity contribution in [1.82, 2.24) is 14.8 Å². The van der Waals surface area contributed by atoms with Crippen LogP contribution in [-0.2, 0) is 6.42 Å². The van der Waals surface area contributed by atoms with Gasteiger partial charge in [0, 0.05) is 50.2 Å². The second-order valence-corrected chi connectivity index (χ2v) is 6.70. The fraction of sp³-hybridized carbons (Fsp3) is 0.409. The minimum atomic E-state index is -0.0398. The second kappa shape index (κ2) is 10.5.